The molecule has 3 amide bonds. The molecule has 0 radical (unpaired) electrons. The van der Waals surface area contributed by atoms with Gasteiger partial charge < -0.3 is 20.3 Å². The summed E-state index contributed by atoms with van der Waals surface area (Å²) in [6.45, 7) is 5.98. The maximum absolute atomic E-state index is 14.3. The van der Waals surface area contributed by atoms with Crippen LogP contribution < -0.4 is 10.6 Å². The van der Waals surface area contributed by atoms with Crippen molar-refractivity contribution in [2.24, 2.45) is 11.8 Å². The highest BCUT2D eigenvalue weighted by Gasteiger charge is 2.73. The predicted molar refractivity (Wildman–Crippen MR) is 149 cm³/mol. The van der Waals surface area contributed by atoms with E-state index < -0.39 is 29.6 Å². The van der Waals surface area contributed by atoms with Crippen LogP contribution in [0.3, 0.4) is 0 Å². The van der Waals surface area contributed by atoms with Gasteiger partial charge in [0.15, 0.2) is 0 Å². The highest BCUT2D eigenvalue weighted by Crippen LogP contribution is 2.56. The van der Waals surface area contributed by atoms with E-state index in [2.05, 4.69) is 10.6 Å². The summed E-state index contributed by atoms with van der Waals surface area (Å²) in [7, 11) is 0. The molecule has 2 aromatic carbocycles. The van der Waals surface area contributed by atoms with Crippen molar-refractivity contribution in [1.82, 2.24) is 10.2 Å². The number of rotatable bonds is 6. The summed E-state index contributed by atoms with van der Waals surface area (Å²) >= 11 is 0. The fraction of sp³-hybridized carbons (Fsp3) is 0.469. The second-order valence-electron chi connectivity index (χ2n) is 11.7. The fourth-order valence-electron chi connectivity index (χ4n) is 7.09. The number of likely N-dealkylation sites (tertiary alicyclic amines) is 1. The van der Waals surface area contributed by atoms with Crippen LogP contribution >= 0.6 is 0 Å². The second kappa shape index (κ2) is 9.94. The Bertz CT molecular complexity index is 1320. The molecule has 3 aliphatic heterocycles. The van der Waals surface area contributed by atoms with Crippen LogP contribution in [-0.2, 0) is 19.1 Å². The number of anilines is 1. The van der Waals surface area contributed by atoms with E-state index in [0.717, 1.165) is 42.4 Å². The molecule has 1 aliphatic carbocycles. The van der Waals surface area contributed by atoms with Crippen molar-refractivity contribution < 1.29 is 19.1 Å². The summed E-state index contributed by atoms with van der Waals surface area (Å²) in [4.78, 5) is 43.8. The topological polar surface area (TPSA) is 87.7 Å². The standard InChI is InChI=1S/C32H37N3O4/c1-19-14-15-24(18-20(19)2)34-29(36)26-25-16-17-32(39-25)27(26)31(38)35(21(3)22-10-6-4-7-11-22)28(32)30(37)33-23-12-8-5-9-13-23/h4,6-7,10-11,14-18,21,23,25-28H,5,8-9,12-13H2,1-3H3,(H,33,37)(H,34,36)/t21-,25+,26-,27+,28+,32+/m0/s1. The van der Waals surface area contributed by atoms with Crippen LogP contribution in [0.2, 0.25) is 0 Å². The minimum absolute atomic E-state index is 0.0946. The van der Waals surface area contributed by atoms with Gasteiger partial charge in [0.25, 0.3) is 0 Å². The first-order valence-electron chi connectivity index (χ1n) is 14.2. The van der Waals surface area contributed by atoms with Gasteiger partial charge in [-0.2, -0.15) is 0 Å². The van der Waals surface area contributed by atoms with Crippen LogP contribution in [0.4, 0.5) is 5.69 Å². The third kappa shape index (κ3) is 4.27. The molecule has 7 nitrogen and oxygen atoms in total. The molecule has 39 heavy (non-hydrogen) atoms. The van der Waals surface area contributed by atoms with Crippen molar-refractivity contribution in [3.63, 3.8) is 0 Å². The third-order valence-corrected chi connectivity index (χ3v) is 9.29. The van der Waals surface area contributed by atoms with E-state index in [0.29, 0.717) is 5.69 Å². The van der Waals surface area contributed by atoms with Crippen molar-refractivity contribution in [1.29, 1.82) is 0 Å². The first-order chi connectivity index (χ1) is 18.8. The third-order valence-electron chi connectivity index (χ3n) is 9.29. The number of carbonyl (C=O) groups is 3. The molecule has 2 bridgehead atoms. The van der Waals surface area contributed by atoms with Crippen LogP contribution in [0.15, 0.2) is 60.7 Å². The van der Waals surface area contributed by atoms with Crippen LogP contribution in [0.1, 0.15) is 61.8 Å². The van der Waals surface area contributed by atoms with E-state index >= 15 is 0 Å². The van der Waals surface area contributed by atoms with E-state index in [1.54, 1.807) is 4.90 Å². The molecule has 1 spiro atoms. The lowest BCUT2D eigenvalue weighted by Gasteiger charge is -2.37. The van der Waals surface area contributed by atoms with Crippen LogP contribution in [0.25, 0.3) is 0 Å². The first kappa shape index (κ1) is 25.8. The zero-order chi connectivity index (χ0) is 27.3. The zero-order valence-electron chi connectivity index (χ0n) is 22.9. The number of nitrogens with one attached hydrogen (secondary N) is 2. The average Bonchev–Trinajstić information content (AvgIpc) is 3.58. The Kier molecular flexibility index (Phi) is 6.58. The number of ether oxygens (including phenoxy) is 1. The molecule has 3 heterocycles. The Morgan fingerprint density at radius 1 is 1.00 bits per heavy atom. The highest BCUT2D eigenvalue weighted by atomic mass is 16.5. The van der Waals surface area contributed by atoms with Gasteiger partial charge in [-0.05, 0) is 62.4 Å². The van der Waals surface area contributed by atoms with Crippen LogP contribution in [0.5, 0.6) is 0 Å². The fourth-order valence-corrected chi connectivity index (χ4v) is 7.09. The molecule has 204 valence electrons. The lowest BCUT2D eigenvalue weighted by Crippen LogP contribution is -2.56. The number of nitrogens with zero attached hydrogens (tertiary/aromatic N) is 1. The first-order valence-corrected chi connectivity index (χ1v) is 14.2. The number of benzene rings is 2. The number of aryl methyl sites for hydroxylation is 2. The number of carbonyl (C=O) groups excluding carboxylic acids is 3. The number of hydrogen-bond acceptors (Lipinski definition) is 4. The molecular weight excluding hydrogens is 490 g/mol. The molecule has 3 fully saturated rings. The van der Waals surface area contributed by atoms with Gasteiger partial charge in [0.1, 0.15) is 11.6 Å². The normalized spacial score (nSPS) is 30.3. The number of fused-ring (bicyclic) bond motifs is 1. The van der Waals surface area contributed by atoms with Crippen molar-refractivity contribution in [3.8, 4) is 0 Å². The van der Waals surface area contributed by atoms with Gasteiger partial charge in [-0.1, -0.05) is 67.8 Å². The largest absolute Gasteiger partial charge is 0.359 e. The molecular formula is C32H37N3O4. The van der Waals surface area contributed by atoms with Crippen molar-refractivity contribution in [2.45, 2.75) is 82.7 Å². The summed E-state index contributed by atoms with van der Waals surface area (Å²) < 4.78 is 6.51. The van der Waals surface area contributed by atoms with Crippen LogP contribution in [0, 0.1) is 25.7 Å². The Labute approximate surface area is 230 Å². The van der Waals surface area contributed by atoms with Gasteiger partial charge in [-0.15, -0.1) is 0 Å². The molecule has 6 rings (SSSR count). The van der Waals surface area contributed by atoms with Gasteiger partial charge in [-0.3, -0.25) is 14.4 Å². The Hall–Kier alpha value is -3.45. The summed E-state index contributed by atoms with van der Waals surface area (Å²) in [5.74, 6) is -2.15. The summed E-state index contributed by atoms with van der Waals surface area (Å²) in [6, 6.07) is 14.4. The second-order valence-corrected chi connectivity index (χ2v) is 11.7. The lowest BCUT2D eigenvalue weighted by atomic mass is 9.74. The van der Waals surface area contributed by atoms with Gasteiger partial charge in [0.2, 0.25) is 17.7 Å². The van der Waals surface area contributed by atoms with Crippen molar-refractivity contribution in [3.05, 3.63) is 77.4 Å². The minimum atomic E-state index is -1.17. The maximum atomic E-state index is 14.3. The number of amides is 3. The molecule has 1 saturated carbocycles. The average molecular weight is 528 g/mol. The van der Waals surface area contributed by atoms with E-state index in [9.17, 15) is 14.4 Å². The van der Waals surface area contributed by atoms with E-state index in [4.69, 9.17) is 4.74 Å². The lowest BCUT2D eigenvalue weighted by molar-refractivity contribution is -0.143. The molecule has 4 aliphatic rings. The molecule has 2 saturated heterocycles. The highest BCUT2D eigenvalue weighted by molar-refractivity contribution is 6.03. The SMILES string of the molecule is Cc1ccc(NC(=O)[C@H]2[C@H]3C=C[C@@]4(O3)[C@H]2C(=O)N([C@@H](C)c2ccccc2)[C@@H]4C(=O)NC2CCCCC2)cc1C. The predicted octanol–water partition coefficient (Wildman–Crippen LogP) is 4.60. The Morgan fingerprint density at radius 3 is 2.46 bits per heavy atom. The Morgan fingerprint density at radius 2 is 1.74 bits per heavy atom. The molecule has 2 aromatic rings. The molecule has 2 N–H and O–H groups in total. The van der Waals surface area contributed by atoms with E-state index in [-0.39, 0.29) is 29.8 Å². The smallest absolute Gasteiger partial charge is 0.246 e. The monoisotopic (exact) mass is 527 g/mol. The van der Waals surface area contributed by atoms with E-state index in [1.165, 1.54) is 6.42 Å². The molecule has 6 atom stereocenters. The van der Waals surface area contributed by atoms with Crippen LogP contribution in [-0.4, -0.2) is 46.4 Å². The zero-order valence-corrected chi connectivity index (χ0v) is 22.9. The number of hydrogen-bond donors (Lipinski definition) is 2. The van der Waals surface area contributed by atoms with E-state index in [1.807, 2.05) is 81.5 Å². The van der Waals surface area contributed by atoms with Gasteiger partial charge in [0.05, 0.1) is 24.0 Å². The minimum Gasteiger partial charge on any atom is -0.359 e. The maximum Gasteiger partial charge on any atom is 0.246 e. The summed E-state index contributed by atoms with van der Waals surface area (Å²) in [5.41, 5.74) is 2.67. The van der Waals surface area contributed by atoms with Crippen molar-refractivity contribution in [2.75, 3.05) is 5.32 Å². The summed E-state index contributed by atoms with van der Waals surface area (Å²) in [6.07, 6.45) is 8.44. The van der Waals surface area contributed by atoms with Gasteiger partial charge in [-0.25, -0.2) is 0 Å². The summed E-state index contributed by atoms with van der Waals surface area (Å²) in [5, 5.41) is 6.28. The molecule has 0 aromatic heterocycles. The quantitative estimate of drug-likeness (QED) is 0.538. The molecule has 0 unspecified atom stereocenters. The van der Waals surface area contributed by atoms with Gasteiger partial charge in [0, 0.05) is 11.7 Å². The van der Waals surface area contributed by atoms with Gasteiger partial charge >= 0.3 is 0 Å². The Balaban J connectivity index is 1.35. The van der Waals surface area contributed by atoms with Crippen molar-refractivity contribution >= 4 is 23.4 Å². The molecule has 7 heteroatoms.